The van der Waals surface area contributed by atoms with Crippen LogP contribution in [0.1, 0.15) is 49.7 Å². The molecule has 4 rings (SSSR count). The monoisotopic (exact) mass is 474 g/mol. The molecule has 1 saturated carbocycles. The summed E-state index contributed by atoms with van der Waals surface area (Å²) < 4.78 is 5.59. The number of fused-ring (bicyclic) bond motifs is 3. The van der Waals surface area contributed by atoms with Crippen LogP contribution in [0.3, 0.4) is 0 Å². The maximum absolute atomic E-state index is 12.7. The Morgan fingerprint density at radius 3 is 2.34 bits per heavy atom. The van der Waals surface area contributed by atoms with Crippen molar-refractivity contribution in [1.29, 1.82) is 0 Å². The Kier molecular flexibility index (Phi) is 7.71. The van der Waals surface area contributed by atoms with Gasteiger partial charge >= 0.3 is 12.1 Å². The highest BCUT2D eigenvalue weighted by Crippen LogP contribution is 2.44. The molecule has 35 heavy (non-hydrogen) atoms. The Hall–Kier alpha value is -3.79. The number of nitrogens with one attached hydrogen (secondary N) is 2. The maximum Gasteiger partial charge on any atom is 0.407 e. The summed E-state index contributed by atoms with van der Waals surface area (Å²) in [6.07, 6.45) is 1.84. The van der Waals surface area contributed by atoms with Crippen molar-refractivity contribution in [3.63, 3.8) is 0 Å². The molecule has 0 spiro atoms. The van der Waals surface area contributed by atoms with Crippen LogP contribution < -0.4 is 10.6 Å². The third-order valence-electron chi connectivity index (χ3n) is 6.95. The number of carboxylic acid groups (broad SMARTS) is 1. The van der Waals surface area contributed by atoms with E-state index in [0.29, 0.717) is 13.0 Å². The number of benzene rings is 2. The number of rotatable bonds is 8. The van der Waals surface area contributed by atoms with Crippen LogP contribution in [0.5, 0.6) is 0 Å². The molecule has 3 atom stereocenters. The Morgan fingerprint density at radius 1 is 1.06 bits per heavy atom. The van der Waals surface area contributed by atoms with Gasteiger partial charge in [-0.05, 0) is 47.9 Å². The molecule has 2 aliphatic rings. The second-order valence-electron chi connectivity index (χ2n) is 9.03. The zero-order chi connectivity index (χ0) is 24.8. The fourth-order valence-electron chi connectivity index (χ4n) is 5.17. The predicted molar refractivity (Wildman–Crippen MR) is 132 cm³/mol. The lowest BCUT2D eigenvalue weighted by atomic mass is 9.94. The third-order valence-corrected chi connectivity index (χ3v) is 6.95. The van der Waals surface area contributed by atoms with Crippen molar-refractivity contribution in [2.24, 2.45) is 11.8 Å². The predicted octanol–water partition coefficient (Wildman–Crippen LogP) is 3.92. The van der Waals surface area contributed by atoms with E-state index >= 15 is 0 Å². The minimum atomic E-state index is -1.10. The quantitative estimate of drug-likeness (QED) is 0.503. The zero-order valence-corrected chi connectivity index (χ0v) is 19.8. The van der Waals surface area contributed by atoms with Crippen LogP contribution in [-0.4, -0.2) is 42.3 Å². The third kappa shape index (κ3) is 5.48. The van der Waals surface area contributed by atoms with Crippen molar-refractivity contribution in [2.75, 3.05) is 13.2 Å². The van der Waals surface area contributed by atoms with Crippen LogP contribution in [0.4, 0.5) is 4.79 Å². The van der Waals surface area contributed by atoms with E-state index < -0.39 is 18.1 Å². The number of amides is 2. The molecule has 2 amide bonds. The molecule has 2 aliphatic carbocycles. The van der Waals surface area contributed by atoms with Gasteiger partial charge in [-0.3, -0.25) is 4.79 Å². The molecule has 2 aromatic rings. The van der Waals surface area contributed by atoms with Gasteiger partial charge in [-0.15, -0.1) is 11.8 Å². The summed E-state index contributed by atoms with van der Waals surface area (Å²) in [5.74, 6) is 3.53. The SMILES string of the molecule is CC#CCC(NC(=O)[C@@H]1CCC[C@@H]1CNC(=O)OCC1c2ccccc2-c2ccccc21)C(=O)O. The molecule has 2 aromatic carbocycles. The second kappa shape index (κ2) is 11.1. The van der Waals surface area contributed by atoms with Crippen LogP contribution in [0, 0.1) is 23.7 Å². The van der Waals surface area contributed by atoms with Crippen molar-refractivity contribution >= 4 is 18.0 Å². The Labute approximate surface area is 205 Å². The second-order valence-corrected chi connectivity index (χ2v) is 9.03. The summed E-state index contributed by atoms with van der Waals surface area (Å²) in [5.41, 5.74) is 4.63. The molecule has 0 aliphatic heterocycles. The molecule has 0 bridgehead atoms. The van der Waals surface area contributed by atoms with E-state index in [1.54, 1.807) is 6.92 Å². The minimum Gasteiger partial charge on any atom is -0.480 e. The van der Waals surface area contributed by atoms with E-state index in [1.165, 1.54) is 11.1 Å². The molecule has 0 saturated heterocycles. The van der Waals surface area contributed by atoms with E-state index in [1.807, 2.05) is 24.3 Å². The van der Waals surface area contributed by atoms with E-state index in [-0.39, 0.29) is 36.7 Å². The van der Waals surface area contributed by atoms with Gasteiger partial charge in [0.15, 0.2) is 0 Å². The van der Waals surface area contributed by atoms with Crippen molar-refractivity contribution in [3.05, 3.63) is 59.7 Å². The Morgan fingerprint density at radius 2 is 1.71 bits per heavy atom. The molecule has 0 radical (unpaired) electrons. The van der Waals surface area contributed by atoms with Gasteiger partial charge in [-0.2, -0.15) is 0 Å². The summed E-state index contributed by atoms with van der Waals surface area (Å²) in [6.45, 7) is 2.16. The zero-order valence-electron chi connectivity index (χ0n) is 19.8. The standard InChI is InChI=1S/C28H30N2O5/c1-2-3-15-25(27(32)33)30-26(31)19-14-8-9-18(19)16-29-28(34)35-17-24-22-12-6-4-10-20(22)21-11-5-7-13-23(21)24/h4-7,10-13,18-19,24-25H,8-9,14-17H2,1H3,(H,29,34)(H,30,31)(H,32,33)/t18-,19-,25?/m1/s1. The van der Waals surface area contributed by atoms with Crippen molar-refractivity contribution in [3.8, 4) is 23.0 Å². The topological polar surface area (TPSA) is 105 Å². The summed E-state index contributed by atoms with van der Waals surface area (Å²) in [6, 6.07) is 15.3. The van der Waals surface area contributed by atoms with Gasteiger partial charge in [0.1, 0.15) is 12.6 Å². The van der Waals surface area contributed by atoms with E-state index in [0.717, 1.165) is 24.0 Å². The molecule has 3 N–H and O–H groups in total. The summed E-state index contributed by atoms with van der Waals surface area (Å²) in [5, 5.41) is 14.8. The number of carboxylic acids is 1. The highest BCUT2D eigenvalue weighted by atomic mass is 16.5. The van der Waals surface area contributed by atoms with Gasteiger partial charge in [0.25, 0.3) is 0 Å². The molecular formula is C28H30N2O5. The van der Waals surface area contributed by atoms with Crippen molar-refractivity contribution < 1.29 is 24.2 Å². The van der Waals surface area contributed by atoms with E-state index in [9.17, 15) is 19.5 Å². The molecular weight excluding hydrogens is 444 g/mol. The van der Waals surface area contributed by atoms with Crippen LogP contribution in [0.2, 0.25) is 0 Å². The molecule has 1 unspecified atom stereocenters. The van der Waals surface area contributed by atoms with Gasteiger partial charge in [0, 0.05) is 24.8 Å². The number of hydrogen-bond donors (Lipinski definition) is 3. The number of ether oxygens (including phenoxy) is 1. The summed E-state index contributed by atoms with van der Waals surface area (Å²) in [7, 11) is 0. The average molecular weight is 475 g/mol. The fraction of sp³-hybridized carbons (Fsp3) is 0.393. The molecule has 0 heterocycles. The first-order valence-electron chi connectivity index (χ1n) is 12.0. The fourth-order valence-corrected chi connectivity index (χ4v) is 5.17. The molecule has 7 nitrogen and oxygen atoms in total. The lowest BCUT2D eigenvalue weighted by Crippen LogP contribution is -2.45. The van der Waals surface area contributed by atoms with Gasteiger partial charge in [-0.25, -0.2) is 9.59 Å². The van der Waals surface area contributed by atoms with Gasteiger partial charge < -0.3 is 20.5 Å². The summed E-state index contributed by atoms with van der Waals surface area (Å²) >= 11 is 0. The van der Waals surface area contributed by atoms with E-state index in [2.05, 4.69) is 46.7 Å². The van der Waals surface area contributed by atoms with Crippen LogP contribution in [0.15, 0.2) is 48.5 Å². The molecule has 1 fully saturated rings. The number of aliphatic carboxylic acids is 1. The van der Waals surface area contributed by atoms with Crippen molar-refractivity contribution in [1.82, 2.24) is 10.6 Å². The van der Waals surface area contributed by atoms with Gasteiger partial charge in [-0.1, -0.05) is 55.0 Å². The normalized spacial score (nSPS) is 19.0. The smallest absolute Gasteiger partial charge is 0.407 e. The number of hydrogen-bond acceptors (Lipinski definition) is 4. The first-order valence-corrected chi connectivity index (χ1v) is 12.0. The van der Waals surface area contributed by atoms with Crippen LogP contribution in [0.25, 0.3) is 11.1 Å². The Balaban J connectivity index is 1.30. The largest absolute Gasteiger partial charge is 0.480 e. The lowest BCUT2D eigenvalue weighted by molar-refractivity contribution is -0.142. The first-order chi connectivity index (χ1) is 17.0. The van der Waals surface area contributed by atoms with Crippen LogP contribution >= 0.6 is 0 Å². The highest BCUT2D eigenvalue weighted by Gasteiger charge is 2.35. The van der Waals surface area contributed by atoms with Crippen molar-refractivity contribution in [2.45, 2.75) is 44.6 Å². The van der Waals surface area contributed by atoms with Gasteiger partial charge in [0.2, 0.25) is 5.91 Å². The average Bonchev–Trinajstić information content (AvgIpc) is 3.46. The lowest BCUT2D eigenvalue weighted by Gasteiger charge is -2.22. The minimum absolute atomic E-state index is 0.0164. The Bertz CT molecular complexity index is 1120. The molecule has 0 aromatic heterocycles. The van der Waals surface area contributed by atoms with E-state index in [4.69, 9.17) is 4.74 Å². The maximum atomic E-state index is 12.7. The number of carbonyl (C=O) groups is 3. The highest BCUT2D eigenvalue weighted by molar-refractivity contribution is 5.85. The number of alkyl carbamates (subject to hydrolysis) is 1. The number of carbonyl (C=O) groups excluding carboxylic acids is 2. The van der Waals surface area contributed by atoms with Crippen LogP contribution in [-0.2, 0) is 14.3 Å². The molecule has 7 heteroatoms. The first kappa shape index (κ1) is 24.3. The molecule has 182 valence electrons. The summed E-state index contributed by atoms with van der Waals surface area (Å²) in [4.78, 5) is 36.7. The van der Waals surface area contributed by atoms with Gasteiger partial charge in [0.05, 0.1) is 0 Å².